The molecule has 0 radical (unpaired) electrons. The molecule has 2 aromatic heterocycles. The second kappa shape index (κ2) is 4.87. The molecule has 21 heavy (non-hydrogen) atoms. The first-order chi connectivity index (χ1) is 10.3. The maximum absolute atomic E-state index is 13.7. The number of rotatable bonds is 3. The van der Waals surface area contributed by atoms with Gasteiger partial charge in [-0.1, -0.05) is 0 Å². The Morgan fingerprint density at radius 2 is 2.38 bits per heavy atom. The number of hydrogen-bond acceptors (Lipinski definition) is 5. The summed E-state index contributed by atoms with van der Waals surface area (Å²) in [6, 6.07) is 2.19. The molecule has 0 aromatic carbocycles. The van der Waals surface area contributed by atoms with Crippen LogP contribution in [0.2, 0.25) is 0 Å². The van der Waals surface area contributed by atoms with Crippen LogP contribution >= 0.6 is 0 Å². The molecule has 6 heteroatoms. The summed E-state index contributed by atoms with van der Waals surface area (Å²) >= 11 is 0. The third kappa shape index (κ3) is 2.23. The van der Waals surface area contributed by atoms with Gasteiger partial charge in [-0.2, -0.15) is 4.98 Å². The van der Waals surface area contributed by atoms with Crippen LogP contribution in [0.25, 0.3) is 10.9 Å². The van der Waals surface area contributed by atoms with Crippen LogP contribution in [0.3, 0.4) is 0 Å². The highest BCUT2D eigenvalue weighted by molar-refractivity contribution is 5.76. The molecule has 4 rings (SSSR count). The molecular weight excluding hydrogens is 271 g/mol. The van der Waals surface area contributed by atoms with Crippen molar-refractivity contribution in [3.63, 3.8) is 0 Å². The van der Waals surface area contributed by atoms with Gasteiger partial charge in [0.05, 0.1) is 11.1 Å². The van der Waals surface area contributed by atoms with Gasteiger partial charge in [0.25, 0.3) is 0 Å². The predicted molar refractivity (Wildman–Crippen MR) is 75.9 cm³/mol. The SMILES string of the molecule is F[C@@H]1CN2CCC[C@]2(COc2ncc3cnccc3n2)C1. The van der Waals surface area contributed by atoms with E-state index in [1.165, 1.54) is 0 Å². The van der Waals surface area contributed by atoms with E-state index in [4.69, 9.17) is 4.74 Å². The third-order valence-corrected chi connectivity index (χ3v) is 4.59. The summed E-state index contributed by atoms with van der Waals surface area (Å²) in [5, 5.41) is 0.884. The number of nitrogens with zero attached hydrogens (tertiary/aromatic N) is 4. The lowest BCUT2D eigenvalue weighted by molar-refractivity contribution is 0.107. The molecule has 0 spiro atoms. The van der Waals surface area contributed by atoms with Gasteiger partial charge in [0.1, 0.15) is 12.8 Å². The van der Waals surface area contributed by atoms with E-state index < -0.39 is 6.17 Å². The van der Waals surface area contributed by atoms with E-state index in [9.17, 15) is 4.39 Å². The number of alkyl halides is 1. The lowest BCUT2D eigenvalue weighted by Crippen LogP contribution is -2.43. The van der Waals surface area contributed by atoms with Crippen molar-refractivity contribution < 1.29 is 9.13 Å². The zero-order valence-electron chi connectivity index (χ0n) is 11.7. The standard InChI is InChI=1S/C15H17FN4O/c16-12-6-15(3-1-5-20(15)9-12)10-21-14-18-8-11-7-17-4-2-13(11)19-14/h2,4,7-8,12H,1,3,5-6,9-10H2/t12-,15+/m0/s1. The summed E-state index contributed by atoms with van der Waals surface area (Å²) in [5.41, 5.74) is 0.654. The third-order valence-electron chi connectivity index (χ3n) is 4.59. The molecule has 0 unspecified atom stereocenters. The van der Waals surface area contributed by atoms with Crippen LogP contribution in [0.15, 0.2) is 24.7 Å². The maximum Gasteiger partial charge on any atom is 0.316 e. The molecule has 4 heterocycles. The highest BCUT2D eigenvalue weighted by Crippen LogP contribution is 2.40. The van der Waals surface area contributed by atoms with Crippen LogP contribution in [-0.4, -0.2) is 51.3 Å². The van der Waals surface area contributed by atoms with Gasteiger partial charge in [0.2, 0.25) is 0 Å². The monoisotopic (exact) mass is 288 g/mol. The molecular formula is C15H17FN4O. The fourth-order valence-electron chi connectivity index (χ4n) is 3.57. The van der Waals surface area contributed by atoms with Crippen LogP contribution in [-0.2, 0) is 0 Å². The average molecular weight is 288 g/mol. The van der Waals surface area contributed by atoms with Crippen LogP contribution in [0.4, 0.5) is 4.39 Å². The first-order valence-electron chi connectivity index (χ1n) is 7.34. The van der Waals surface area contributed by atoms with Crippen molar-refractivity contribution in [2.75, 3.05) is 19.7 Å². The summed E-state index contributed by atoms with van der Waals surface area (Å²) in [7, 11) is 0. The molecule has 0 bridgehead atoms. The Hall–Kier alpha value is -1.82. The van der Waals surface area contributed by atoms with Gasteiger partial charge in [-0.15, -0.1) is 0 Å². The second-order valence-corrected chi connectivity index (χ2v) is 5.95. The molecule has 0 aliphatic carbocycles. The van der Waals surface area contributed by atoms with Crippen molar-refractivity contribution in [1.82, 2.24) is 19.9 Å². The Morgan fingerprint density at radius 3 is 3.33 bits per heavy atom. The van der Waals surface area contributed by atoms with Crippen molar-refractivity contribution in [3.05, 3.63) is 24.7 Å². The van der Waals surface area contributed by atoms with Gasteiger partial charge in [0, 0.05) is 36.9 Å². The van der Waals surface area contributed by atoms with Gasteiger partial charge >= 0.3 is 6.01 Å². The van der Waals surface area contributed by atoms with Gasteiger partial charge in [-0.25, -0.2) is 9.37 Å². The molecule has 2 aliphatic heterocycles. The minimum Gasteiger partial charge on any atom is -0.461 e. The second-order valence-electron chi connectivity index (χ2n) is 5.95. The Bertz CT molecular complexity index is 667. The summed E-state index contributed by atoms with van der Waals surface area (Å²) < 4.78 is 19.5. The minimum absolute atomic E-state index is 0.157. The van der Waals surface area contributed by atoms with Crippen molar-refractivity contribution in [1.29, 1.82) is 0 Å². The van der Waals surface area contributed by atoms with Crippen molar-refractivity contribution in [2.45, 2.75) is 31.0 Å². The van der Waals surface area contributed by atoms with Crippen LogP contribution in [0, 0.1) is 0 Å². The van der Waals surface area contributed by atoms with E-state index in [0.29, 0.717) is 25.6 Å². The van der Waals surface area contributed by atoms with E-state index in [1.807, 2.05) is 6.07 Å². The number of ether oxygens (including phenoxy) is 1. The Labute approximate surface area is 122 Å². The zero-order valence-corrected chi connectivity index (χ0v) is 11.7. The average Bonchev–Trinajstić information content (AvgIpc) is 3.01. The van der Waals surface area contributed by atoms with Crippen molar-refractivity contribution >= 4 is 10.9 Å². The van der Waals surface area contributed by atoms with E-state index in [2.05, 4.69) is 19.9 Å². The van der Waals surface area contributed by atoms with Crippen LogP contribution in [0.1, 0.15) is 19.3 Å². The van der Waals surface area contributed by atoms with Crippen molar-refractivity contribution in [2.24, 2.45) is 0 Å². The number of halogens is 1. The summed E-state index contributed by atoms with van der Waals surface area (Å²) in [6.45, 7) is 1.96. The fraction of sp³-hybridized carbons (Fsp3) is 0.533. The van der Waals surface area contributed by atoms with Crippen LogP contribution in [0.5, 0.6) is 6.01 Å². The quantitative estimate of drug-likeness (QED) is 0.864. The Balaban J connectivity index is 1.52. The normalized spacial score (nSPS) is 28.9. The minimum atomic E-state index is -0.738. The molecule has 2 aromatic rings. The molecule has 5 nitrogen and oxygen atoms in total. The van der Waals surface area contributed by atoms with E-state index in [1.54, 1.807) is 18.6 Å². The highest BCUT2D eigenvalue weighted by atomic mass is 19.1. The predicted octanol–water partition coefficient (Wildman–Crippen LogP) is 1.98. The summed E-state index contributed by atoms with van der Waals surface area (Å²) in [6.07, 6.45) is 7.05. The summed E-state index contributed by atoms with van der Waals surface area (Å²) in [4.78, 5) is 14.9. The highest BCUT2D eigenvalue weighted by Gasteiger charge is 2.49. The van der Waals surface area contributed by atoms with Crippen LogP contribution < -0.4 is 4.74 Å². The largest absolute Gasteiger partial charge is 0.461 e. The van der Waals surface area contributed by atoms with E-state index in [-0.39, 0.29) is 5.54 Å². The number of hydrogen-bond donors (Lipinski definition) is 0. The van der Waals surface area contributed by atoms with Gasteiger partial charge in [-0.3, -0.25) is 9.88 Å². The Kier molecular flexibility index (Phi) is 2.99. The molecule has 2 fully saturated rings. The van der Waals surface area contributed by atoms with Crippen molar-refractivity contribution in [3.8, 4) is 6.01 Å². The topological polar surface area (TPSA) is 51.1 Å². The summed E-state index contributed by atoms with van der Waals surface area (Å²) in [5.74, 6) is 0. The number of fused-ring (bicyclic) bond motifs is 2. The fourth-order valence-corrected chi connectivity index (χ4v) is 3.57. The van der Waals surface area contributed by atoms with E-state index in [0.717, 1.165) is 30.3 Å². The molecule has 0 saturated carbocycles. The smallest absolute Gasteiger partial charge is 0.316 e. The molecule has 0 amide bonds. The Morgan fingerprint density at radius 1 is 1.43 bits per heavy atom. The first-order valence-corrected chi connectivity index (χ1v) is 7.34. The zero-order chi connectivity index (χ0) is 14.3. The molecule has 2 atom stereocenters. The maximum atomic E-state index is 13.7. The van der Waals surface area contributed by atoms with Gasteiger partial charge in [-0.05, 0) is 25.5 Å². The first kappa shape index (κ1) is 12.9. The molecule has 2 aliphatic rings. The molecule has 110 valence electrons. The van der Waals surface area contributed by atoms with Gasteiger partial charge in [0.15, 0.2) is 0 Å². The lowest BCUT2D eigenvalue weighted by atomic mass is 9.95. The van der Waals surface area contributed by atoms with E-state index >= 15 is 0 Å². The number of aromatic nitrogens is 3. The number of pyridine rings is 1. The molecule has 0 N–H and O–H groups in total. The van der Waals surface area contributed by atoms with Gasteiger partial charge < -0.3 is 4.74 Å². The lowest BCUT2D eigenvalue weighted by Gasteiger charge is -2.30. The molecule has 2 saturated heterocycles.